The molecule has 1 aliphatic carbocycles. The molecule has 5 rings (SSSR count). The Bertz CT molecular complexity index is 1520. The number of aryl methyl sites for hydroxylation is 2. The molecular formula is C30H33FN6O3. The quantitative estimate of drug-likeness (QED) is 0.353. The molecular weight excluding hydrogens is 511 g/mol. The van der Waals surface area contributed by atoms with Gasteiger partial charge in [0.15, 0.2) is 6.04 Å². The molecule has 0 radical (unpaired) electrons. The number of amides is 2. The van der Waals surface area contributed by atoms with Crippen LogP contribution in [-0.2, 0) is 29.0 Å². The minimum Gasteiger partial charge on any atom is -0.464 e. The Morgan fingerprint density at radius 3 is 2.52 bits per heavy atom. The summed E-state index contributed by atoms with van der Waals surface area (Å²) in [5, 5.41) is 15.5. The SMILES string of the molecule is Cc1ccc(C(C(=O)NC(C)(C)C)N(C(=O)Cn2nnc(-c3ccc(F)cc3)n2)c2cccc3c2CCCC3)o1. The average Bonchev–Trinajstić information content (AvgIpc) is 3.55. The molecule has 2 aromatic heterocycles. The number of carbonyl (C=O) groups excluding carboxylic acids is 2. The normalized spacial score (nSPS) is 13.9. The summed E-state index contributed by atoms with van der Waals surface area (Å²) in [5.74, 6) is 0.126. The number of nitrogens with zero attached hydrogens (tertiary/aromatic N) is 5. The number of fused-ring (bicyclic) bond motifs is 1. The third kappa shape index (κ3) is 5.95. The summed E-state index contributed by atoms with van der Waals surface area (Å²) in [6.45, 7) is 7.21. The number of halogens is 1. The van der Waals surface area contributed by atoms with Crippen molar-refractivity contribution < 1.29 is 18.4 Å². The van der Waals surface area contributed by atoms with E-state index in [9.17, 15) is 14.0 Å². The van der Waals surface area contributed by atoms with Crippen molar-refractivity contribution in [1.29, 1.82) is 0 Å². The van der Waals surface area contributed by atoms with Gasteiger partial charge < -0.3 is 9.73 Å². The van der Waals surface area contributed by atoms with Gasteiger partial charge in [-0.05, 0) is 112 Å². The van der Waals surface area contributed by atoms with Crippen LogP contribution >= 0.6 is 0 Å². The van der Waals surface area contributed by atoms with Crippen LogP contribution in [0.2, 0.25) is 0 Å². The summed E-state index contributed by atoms with van der Waals surface area (Å²) in [6.07, 6.45) is 3.78. The number of rotatable bonds is 7. The van der Waals surface area contributed by atoms with E-state index < -0.39 is 17.5 Å². The lowest BCUT2D eigenvalue weighted by molar-refractivity contribution is -0.128. The maximum atomic E-state index is 14.2. The molecule has 2 heterocycles. The van der Waals surface area contributed by atoms with Crippen molar-refractivity contribution in [3.8, 4) is 11.4 Å². The van der Waals surface area contributed by atoms with E-state index in [1.807, 2.05) is 32.9 Å². The van der Waals surface area contributed by atoms with Crippen LogP contribution in [0.1, 0.15) is 62.3 Å². The Morgan fingerprint density at radius 2 is 1.82 bits per heavy atom. The summed E-state index contributed by atoms with van der Waals surface area (Å²) < 4.78 is 19.3. The molecule has 1 atom stereocenters. The maximum Gasteiger partial charge on any atom is 0.251 e. The largest absolute Gasteiger partial charge is 0.464 e. The van der Waals surface area contributed by atoms with Crippen LogP contribution in [-0.4, -0.2) is 37.6 Å². The summed E-state index contributed by atoms with van der Waals surface area (Å²) in [4.78, 5) is 30.8. The van der Waals surface area contributed by atoms with Gasteiger partial charge in [0.25, 0.3) is 11.8 Å². The molecule has 2 amide bonds. The van der Waals surface area contributed by atoms with Gasteiger partial charge in [0, 0.05) is 16.8 Å². The van der Waals surface area contributed by atoms with E-state index in [0.717, 1.165) is 31.2 Å². The molecule has 0 bridgehead atoms. The van der Waals surface area contributed by atoms with Crippen molar-refractivity contribution in [1.82, 2.24) is 25.5 Å². The molecule has 0 aliphatic heterocycles. The van der Waals surface area contributed by atoms with Crippen LogP contribution in [0, 0.1) is 12.7 Å². The Hall–Kier alpha value is -4.34. The topological polar surface area (TPSA) is 106 Å². The molecule has 1 aliphatic rings. The van der Waals surface area contributed by atoms with Crippen LogP contribution in [0.15, 0.2) is 59.0 Å². The zero-order chi connectivity index (χ0) is 28.4. The van der Waals surface area contributed by atoms with Crippen LogP contribution < -0.4 is 10.2 Å². The lowest BCUT2D eigenvalue weighted by Gasteiger charge is -2.34. The van der Waals surface area contributed by atoms with Crippen LogP contribution in [0.5, 0.6) is 0 Å². The second-order valence-corrected chi connectivity index (χ2v) is 11.1. The van der Waals surface area contributed by atoms with Gasteiger partial charge in [-0.1, -0.05) is 12.1 Å². The van der Waals surface area contributed by atoms with Gasteiger partial charge in [-0.2, -0.15) is 4.80 Å². The Balaban J connectivity index is 1.57. The first-order valence-corrected chi connectivity index (χ1v) is 13.4. The third-order valence-corrected chi connectivity index (χ3v) is 6.77. The van der Waals surface area contributed by atoms with E-state index in [1.54, 1.807) is 31.2 Å². The average molecular weight is 545 g/mol. The number of tetrazole rings is 1. The highest BCUT2D eigenvalue weighted by molar-refractivity contribution is 6.01. The fourth-order valence-corrected chi connectivity index (χ4v) is 5.04. The first kappa shape index (κ1) is 27.2. The van der Waals surface area contributed by atoms with E-state index in [4.69, 9.17) is 4.42 Å². The Morgan fingerprint density at radius 1 is 1.07 bits per heavy atom. The highest BCUT2D eigenvalue weighted by Crippen LogP contribution is 2.36. The summed E-state index contributed by atoms with van der Waals surface area (Å²) in [5.41, 5.74) is 2.92. The number of furan rings is 1. The van der Waals surface area contributed by atoms with Crippen molar-refractivity contribution in [2.75, 3.05) is 4.90 Å². The molecule has 1 unspecified atom stereocenters. The second-order valence-electron chi connectivity index (χ2n) is 11.1. The molecule has 0 fully saturated rings. The van der Waals surface area contributed by atoms with Crippen molar-refractivity contribution in [2.45, 2.75) is 71.5 Å². The van der Waals surface area contributed by atoms with Crippen LogP contribution in [0.25, 0.3) is 11.4 Å². The smallest absolute Gasteiger partial charge is 0.251 e. The van der Waals surface area contributed by atoms with Crippen LogP contribution in [0.4, 0.5) is 10.1 Å². The molecule has 1 N–H and O–H groups in total. The standard InChI is InChI=1S/C30H33FN6O3/c1-19-12-17-25(40-19)27(29(39)32-30(2,3)4)37(24-11-7-9-20-8-5-6-10-23(20)24)26(38)18-36-34-28(33-35-36)21-13-15-22(31)16-14-21/h7,9,11-17,27H,5-6,8,10,18H2,1-4H3,(H,32,39). The molecule has 9 nitrogen and oxygen atoms in total. The minimum atomic E-state index is -1.06. The summed E-state index contributed by atoms with van der Waals surface area (Å²) in [7, 11) is 0. The van der Waals surface area contributed by atoms with E-state index in [2.05, 4.69) is 26.8 Å². The number of nitrogens with one attached hydrogen (secondary N) is 1. The zero-order valence-corrected chi connectivity index (χ0v) is 23.1. The lowest BCUT2D eigenvalue weighted by Crippen LogP contribution is -2.50. The number of carbonyl (C=O) groups is 2. The molecule has 0 saturated heterocycles. The van der Waals surface area contributed by atoms with E-state index in [1.165, 1.54) is 27.4 Å². The van der Waals surface area contributed by atoms with Crippen molar-refractivity contribution in [3.63, 3.8) is 0 Å². The Kier molecular flexibility index (Phi) is 7.51. The van der Waals surface area contributed by atoms with Gasteiger partial charge >= 0.3 is 0 Å². The molecule has 40 heavy (non-hydrogen) atoms. The number of aromatic nitrogens is 4. The number of hydrogen-bond donors (Lipinski definition) is 1. The van der Waals surface area contributed by atoms with Crippen molar-refractivity contribution in [2.24, 2.45) is 0 Å². The molecule has 0 spiro atoms. The van der Waals surface area contributed by atoms with E-state index in [-0.39, 0.29) is 24.1 Å². The fraction of sp³-hybridized carbons (Fsp3) is 0.367. The van der Waals surface area contributed by atoms with E-state index in [0.29, 0.717) is 22.8 Å². The monoisotopic (exact) mass is 544 g/mol. The minimum absolute atomic E-state index is 0.264. The first-order valence-electron chi connectivity index (χ1n) is 13.4. The van der Waals surface area contributed by atoms with Crippen molar-refractivity contribution in [3.05, 3.63) is 83.1 Å². The van der Waals surface area contributed by atoms with Crippen LogP contribution in [0.3, 0.4) is 0 Å². The predicted octanol–water partition coefficient (Wildman–Crippen LogP) is 4.95. The highest BCUT2D eigenvalue weighted by atomic mass is 19.1. The van der Waals surface area contributed by atoms with Gasteiger partial charge in [-0.25, -0.2) is 4.39 Å². The van der Waals surface area contributed by atoms with Gasteiger partial charge in [0.2, 0.25) is 5.82 Å². The lowest BCUT2D eigenvalue weighted by atomic mass is 9.89. The molecule has 4 aromatic rings. The highest BCUT2D eigenvalue weighted by Gasteiger charge is 2.38. The number of anilines is 1. The fourth-order valence-electron chi connectivity index (χ4n) is 5.04. The predicted molar refractivity (Wildman–Crippen MR) is 148 cm³/mol. The second kappa shape index (κ2) is 11.0. The van der Waals surface area contributed by atoms with Crippen molar-refractivity contribution >= 4 is 17.5 Å². The molecule has 0 saturated carbocycles. The summed E-state index contributed by atoms with van der Waals surface area (Å²) >= 11 is 0. The molecule has 10 heteroatoms. The van der Waals surface area contributed by atoms with E-state index >= 15 is 0 Å². The van der Waals surface area contributed by atoms with Gasteiger partial charge in [-0.15, -0.1) is 10.2 Å². The van der Waals surface area contributed by atoms with Gasteiger partial charge in [0.1, 0.15) is 23.9 Å². The maximum absolute atomic E-state index is 14.2. The number of benzene rings is 2. The van der Waals surface area contributed by atoms with Gasteiger partial charge in [-0.3, -0.25) is 14.5 Å². The summed E-state index contributed by atoms with van der Waals surface area (Å²) in [6, 6.07) is 14.1. The zero-order valence-electron chi connectivity index (χ0n) is 23.1. The van der Waals surface area contributed by atoms with Gasteiger partial charge in [0.05, 0.1) is 0 Å². The Labute approximate surface area is 232 Å². The first-order chi connectivity index (χ1) is 19.1. The number of hydrogen-bond acceptors (Lipinski definition) is 6. The molecule has 2 aromatic carbocycles. The third-order valence-electron chi connectivity index (χ3n) is 6.77. The molecule has 208 valence electrons.